The Balaban J connectivity index is 1.18. The number of carbonyl (C=O) groups excluding carboxylic acids is 2. The first kappa shape index (κ1) is 21.9. The van der Waals surface area contributed by atoms with Gasteiger partial charge in [0.2, 0.25) is 5.91 Å². The van der Waals surface area contributed by atoms with Crippen LogP contribution in [0.4, 0.5) is 11.4 Å². The molecule has 1 aromatic heterocycles. The van der Waals surface area contributed by atoms with Gasteiger partial charge in [-0.1, -0.05) is 12.1 Å². The van der Waals surface area contributed by atoms with Crippen LogP contribution < -0.4 is 15.0 Å². The van der Waals surface area contributed by atoms with Crippen LogP contribution in [0.25, 0.3) is 10.1 Å². The lowest BCUT2D eigenvalue weighted by atomic mass is 9.95. The molecule has 1 amide bonds. The van der Waals surface area contributed by atoms with Crippen molar-refractivity contribution in [3.8, 4) is 5.75 Å². The molecule has 3 heterocycles. The third-order valence-electron chi connectivity index (χ3n) is 6.58. The van der Waals surface area contributed by atoms with Gasteiger partial charge in [-0.15, -0.1) is 11.3 Å². The largest absolute Gasteiger partial charge is 0.426 e. The van der Waals surface area contributed by atoms with Crippen LogP contribution in [0.1, 0.15) is 30.9 Å². The molecular weight excluding hydrogens is 434 g/mol. The van der Waals surface area contributed by atoms with E-state index in [-0.39, 0.29) is 11.9 Å². The van der Waals surface area contributed by atoms with Crippen LogP contribution in [0.15, 0.2) is 41.8 Å². The van der Waals surface area contributed by atoms with Crippen molar-refractivity contribution in [1.82, 2.24) is 4.90 Å². The molecule has 5 rings (SSSR count). The molecule has 0 atom stereocenters. The van der Waals surface area contributed by atoms with Crippen molar-refractivity contribution in [3.05, 3.63) is 52.9 Å². The number of nitrogens with one attached hydrogen (secondary N) is 1. The second-order valence-electron chi connectivity index (χ2n) is 8.76. The van der Waals surface area contributed by atoms with Gasteiger partial charge in [0.25, 0.3) is 0 Å². The standard InChI is InChI=1S/C26H29N3O3S/c1-18(30)32-23-9-7-19(26-21(23)8-10-25(31)27-26)4-3-12-28-13-15-29(16-14-28)22-5-2-6-24-20(22)11-17-33-24/h2,5-7,9,11,17H,3-4,8,10,12-16H2,1H3,(H,27,31). The molecule has 0 saturated carbocycles. The number of amides is 1. The van der Waals surface area contributed by atoms with Crippen LogP contribution in [-0.2, 0) is 22.4 Å². The number of piperazine rings is 1. The van der Waals surface area contributed by atoms with Gasteiger partial charge in [-0.25, -0.2) is 0 Å². The number of thiophene rings is 1. The van der Waals surface area contributed by atoms with Crippen LogP contribution in [0.3, 0.4) is 0 Å². The Labute approximate surface area is 198 Å². The highest BCUT2D eigenvalue weighted by Crippen LogP contribution is 2.35. The van der Waals surface area contributed by atoms with Crippen LogP contribution in [0.2, 0.25) is 0 Å². The summed E-state index contributed by atoms with van der Waals surface area (Å²) in [5.41, 5.74) is 4.26. The summed E-state index contributed by atoms with van der Waals surface area (Å²) in [6.45, 7) is 6.63. The Bertz CT molecular complexity index is 1180. The molecule has 0 aliphatic carbocycles. The molecular formula is C26H29N3O3S. The Hall–Kier alpha value is -2.90. The monoisotopic (exact) mass is 463 g/mol. The number of benzene rings is 2. The first-order chi connectivity index (χ1) is 16.1. The molecule has 2 aliphatic rings. The van der Waals surface area contributed by atoms with Gasteiger partial charge in [-0.3, -0.25) is 14.5 Å². The Morgan fingerprint density at radius 1 is 1.09 bits per heavy atom. The molecule has 0 bridgehead atoms. The molecule has 0 unspecified atom stereocenters. The van der Waals surface area contributed by atoms with Crippen molar-refractivity contribution >= 4 is 44.7 Å². The van der Waals surface area contributed by atoms with Crippen molar-refractivity contribution in [2.75, 3.05) is 42.9 Å². The minimum absolute atomic E-state index is 0.0282. The zero-order valence-corrected chi connectivity index (χ0v) is 19.7. The van der Waals surface area contributed by atoms with E-state index in [1.54, 1.807) is 11.3 Å². The lowest BCUT2D eigenvalue weighted by Gasteiger charge is -2.36. The van der Waals surface area contributed by atoms with E-state index >= 15 is 0 Å². The van der Waals surface area contributed by atoms with Crippen molar-refractivity contribution in [2.45, 2.75) is 32.6 Å². The van der Waals surface area contributed by atoms with E-state index in [9.17, 15) is 9.59 Å². The number of anilines is 2. The summed E-state index contributed by atoms with van der Waals surface area (Å²) in [5.74, 6) is 0.259. The maximum Gasteiger partial charge on any atom is 0.308 e. The first-order valence-electron chi connectivity index (χ1n) is 11.6. The quantitative estimate of drug-likeness (QED) is 0.432. The van der Waals surface area contributed by atoms with Gasteiger partial charge in [-0.05, 0) is 61.0 Å². The van der Waals surface area contributed by atoms with Gasteiger partial charge >= 0.3 is 5.97 Å². The molecule has 172 valence electrons. The fourth-order valence-corrected chi connectivity index (χ4v) is 5.75. The second-order valence-corrected chi connectivity index (χ2v) is 9.71. The number of rotatable bonds is 6. The molecule has 2 aliphatic heterocycles. The van der Waals surface area contributed by atoms with Gasteiger partial charge in [0.05, 0.1) is 5.69 Å². The lowest BCUT2D eigenvalue weighted by molar-refractivity contribution is -0.131. The van der Waals surface area contributed by atoms with Crippen LogP contribution in [-0.4, -0.2) is 49.5 Å². The normalized spacial score (nSPS) is 16.5. The minimum atomic E-state index is -0.337. The highest BCUT2D eigenvalue weighted by molar-refractivity contribution is 7.17. The van der Waals surface area contributed by atoms with E-state index < -0.39 is 0 Å². The van der Waals surface area contributed by atoms with Crippen LogP contribution >= 0.6 is 11.3 Å². The molecule has 33 heavy (non-hydrogen) atoms. The van der Waals surface area contributed by atoms with Crippen LogP contribution in [0, 0.1) is 0 Å². The fourth-order valence-electron chi connectivity index (χ4n) is 4.94. The Morgan fingerprint density at radius 3 is 2.76 bits per heavy atom. The Morgan fingerprint density at radius 2 is 1.94 bits per heavy atom. The lowest BCUT2D eigenvalue weighted by Crippen LogP contribution is -2.46. The molecule has 6 nitrogen and oxygen atoms in total. The fraction of sp³-hybridized carbons (Fsp3) is 0.385. The number of hydrogen-bond acceptors (Lipinski definition) is 6. The predicted molar refractivity (Wildman–Crippen MR) is 134 cm³/mol. The third kappa shape index (κ3) is 4.75. The highest BCUT2D eigenvalue weighted by Gasteiger charge is 2.23. The maximum absolute atomic E-state index is 12.0. The summed E-state index contributed by atoms with van der Waals surface area (Å²) >= 11 is 1.80. The molecule has 0 spiro atoms. The average molecular weight is 464 g/mol. The van der Waals surface area contributed by atoms with Crippen molar-refractivity contribution in [2.24, 2.45) is 0 Å². The third-order valence-corrected chi connectivity index (χ3v) is 7.46. The summed E-state index contributed by atoms with van der Waals surface area (Å²) in [5, 5.41) is 6.55. The molecule has 0 radical (unpaired) electrons. The zero-order valence-electron chi connectivity index (χ0n) is 18.9. The number of ether oxygens (including phenoxy) is 1. The Kier molecular flexibility index (Phi) is 6.33. The number of carbonyl (C=O) groups is 2. The van der Waals surface area contributed by atoms with Gasteiger partial charge < -0.3 is 15.0 Å². The maximum atomic E-state index is 12.0. The van der Waals surface area contributed by atoms with Crippen molar-refractivity contribution < 1.29 is 14.3 Å². The molecule has 7 heteroatoms. The van der Waals surface area contributed by atoms with E-state index in [1.807, 2.05) is 12.1 Å². The summed E-state index contributed by atoms with van der Waals surface area (Å²) < 4.78 is 6.72. The SMILES string of the molecule is CC(=O)Oc1ccc(CCCN2CCN(c3cccc4sccc34)CC2)c2c1CCC(=O)N2. The number of esters is 1. The molecule has 2 aromatic carbocycles. The van der Waals surface area contributed by atoms with E-state index in [4.69, 9.17) is 4.74 Å². The van der Waals surface area contributed by atoms with Gasteiger partial charge in [-0.2, -0.15) is 0 Å². The summed E-state index contributed by atoms with van der Waals surface area (Å²) in [7, 11) is 0. The minimum Gasteiger partial charge on any atom is -0.426 e. The molecule has 3 aromatic rings. The summed E-state index contributed by atoms with van der Waals surface area (Å²) in [6, 6.07) is 12.7. The smallest absolute Gasteiger partial charge is 0.308 e. The number of aryl methyl sites for hydroxylation is 1. The zero-order chi connectivity index (χ0) is 22.8. The van der Waals surface area contributed by atoms with E-state index in [0.29, 0.717) is 18.6 Å². The number of nitrogens with zero attached hydrogens (tertiary/aromatic N) is 2. The number of hydrogen-bond donors (Lipinski definition) is 1. The highest BCUT2D eigenvalue weighted by atomic mass is 32.1. The van der Waals surface area contributed by atoms with Gasteiger partial charge in [0.1, 0.15) is 5.75 Å². The van der Waals surface area contributed by atoms with Crippen molar-refractivity contribution in [3.63, 3.8) is 0 Å². The van der Waals surface area contributed by atoms with E-state index in [2.05, 4.69) is 44.8 Å². The van der Waals surface area contributed by atoms with E-state index in [1.165, 1.54) is 22.7 Å². The second kappa shape index (κ2) is 9.53. The van der Waals surface area contributed by atoms with Gasteiger partial charge in [0, 0.05) is 60.9 Å². The molecule has 1 saturated heterocycles. The van der Waals surface area contributed by atoms with Gasteiger partial charge in [0.15, 0.2) is 0 Å². The topological polar surface area (TPSA) is 61.9 Å². The molecule has 1 N–H and O–H groups in total. The van der Waals surface area contributed by atoms with Crippen LogP contribution in [0.5, 0.6) is 5.75 Å². The first-order valence-corrected chi connectivity index (χ1v) is 12.5. The predicted octanol–water partition coefficient (Wildman–Crippen LogP) is 4.47. The molecule has 1 fully saturated rings. The van der Waals surface area contributed by atoms with E-state index in [0.717, 1.165) is 62.4 Å². The summed E-state index contributed by atoms with van der Waals surface area (Å²) in [4.78, 5) is 28.5. The summed E-state index contributed by atoms with van der Waals surface area (Å²) in [6.07, 6.45) is 2.94. The average Bonchev–Trinajstić information content (AvgIpc) is 3.29. The number of fused-ring (bicyclic) bond motifs is 2. The van der Waals surface area contributed by atoms with Crippen molar-refractivity contribution in [1.29, 1.82) is 0 Å².